The van der Waals surface area contributed by atoms with Crippen LogP contribution in [0.1, 0.15) is 33.5 Å². The Morgan fingerprint density at radius 3 is 1.92 bits per heavy atom. The van der Waals surface area contributed by atoms with Gasteiger partial charge in [-0.3, -0.25) is 4.79 Å². The van der Waals surface area contributed by atoms with E-state index in [-0.39, 0.29) is 5.91 Å². The van der Waals surface area contributed by atoms with Gasteiger partial charge in [0.15, 0.2) is 0 Å². The average molecular weight is 524 g/mol. The molecule has 0 fully saturated rings. The molecule has 4 rings (SSSR count). The van der Waals surface area contributed by atoms with Crippen molar-refractivity contribution in [3.63, 3.8) is 0 Å². The largest absolute Gasteiger partial charge is 0.494 e. The number of methoxy groups -OCH3 is 1. The molecule has 39 heavy (non-hydrogen) atoms. The third-order valence-corrected chi connectivity index (χ3v) is 6.24. The van der Waals surface area contributed by atoms with Crippen LogP contribution in [0.3, 0.4) is 0 Å². The maximum absolute atomic E-state index is 12.9. The van der Waals surface area contributed by atoms with Gasteiger partial charge in [-0.1, -0.05) is 72.8 Å². The molecule has 6 heteroatoms. The third kappa shape index (κ3) is 8.75. The number of carbonyl (C=O) groups excluding carboxylic acids is 2. The fourth-order valence-electron chi connectivity index (χ4n) is 4.09. The van der Waals surface area contributed by atoms with Crippen LogP contribution in [0.2, 0.25) is 0 Å². The van der Waals surface area contributed by atoms with E-state index in [9.17, 15) is 9.59 Å². The zero-order chi connectivity index (χ0) is 27.3. The molecule has 0 saturated carbocycles. The van der Waals surface area contributed by atoms with Crippen LogP contribution in [-0.2, 0) is 29.0 Å². The molecule has 0 heterocycles. The second kappa shape index (κ2) is 14.4. The predicted molar refractivity (Wildman–Crippen MR) is 151 cm³/mol. The number of aryl methyl sites for hydroxylation is 1. The molecule has 0 aliphatic rings. The molecule has 4 aromatic rings. The van der Waals surface area contributed by atoms with E-state index in [0.717, 1.165) is 29.7 Å². The molecule has 0 aliphatic heterocycles. The van der Waals surface area contributed by atoms with E-state index in [4.69, 9.17) is 14.2 Å². The van der Waals surface area contributed by atoms with Gasteiger partial charge < -0.3 is 19.5 Å². The first-order chi connectivity index (χ1) is 19.1. The number of amides is 1. The number of hydrogen-bond acceptors (Lipinski definition) is 5. The summed E-state index contributed by atoms with van der Waals surface area (Å²) in [5.74, 6) is 0.553. The summed E-state index contributed by atoms with van der Waals surface area (Å²) in [5, 5.41) is 2.80. The monoisotopic (exact) mass is 523 g/mol. The Labute approximate surface area is 229 Å². The Morgan fingerprint density at radius 1 is 0.692 bits per heavy atom. The molecule has 0 aromatic heterocycles. The molecule has 6 nitrogen and oxygen atoms in total. The van der Waals surface area contributed by atoms with Gasteiger partial charge in [-0.2, -0.15) is 0 Å². The summed E-state index contributed by atoms with van der Waals surface area (Å²) in [7, 11) is 1.31. The highest BCUT2D eigenvalue weighted by atomic mass is 16.5. The van der Waals surface area contributed by atoms with Crippen LogP contribution >= 0.6 is 0 Å². The number of carbonyl (C=O) groups is 2. The van der Waals surface area contributed by atoms with Crippen LogP contribution in [0.4, 0.5) is 0 Å². The molecule has 1 unspecified atom stereocenters. The zero-order valence-electron chi connectivity index (χ0n) is 22.0. The fraction of sp³-hybridized carbons (Fsp3) is 0.212. The van der Waals surface area contributed by atoms with Crippen molar-refractivity contribution in [3.8, 4) is 11.5 Å². The minimum absolute atomic E-state index is 0.292. The molecular weight excluding hydrogens is 490 g/mol. The molecule has 0 spiro atoms. The van der Waals surface area contributed by atoms with E-state index >= 15 is 0 Å². The van der Waals surface area contributed by atoms with Crippen molar-refractivity contribution in [1.29, 1.82) is 0 Å². The number of nitrogens with one attached hydrogen (secondary N) is 1. The fourth-order valence-corrected chi connectivity index (χ4v) is 4.09. The van der Waals surface area contributed by atoms with Crippen LogP contribution in [0.25, 0.3) is 0 Å². The maximum Gasteiger partial charge on any atom is 0.328 e. The maximum atomic E-state index is 12.9. The lowest BCUT2D eigenvalue weighted by Gasteiger charge is -2.17. The highest BCUT2D eigenvalue weighted by molar-refractivity contribution is 5.96. The highest BCUT2D eigenvalue weighted by Gasteiger charge is 2.22. The van der Waals surface area contributed by atoms with Gasteiger partial charge in [0.1, 0.15) is 24.1 Å². The lowest BCUT2D eigenvalue weighted by Crippen LogP contribution is -2.43. The van der Waals surface area contributed by atoms with E-state index < -0.39 is 12.0 Å². The topological polar surface area (TPSA) is 73.9 Å². The molecule has 1 N–H and O–H groups in total. The number of ether oxygens (including phenoxy) is 3. The van der Waals surface area contributed by atoms with Gasteiger partial charge in [-0.05, 0) is 65.9 Å². The van der Waals surface area contributed by atoms with Crippen molar-refractivity contribution in [1.82, 2.24) is 5.32 Å². The SMILES string of the molecule is COC(=O)C(Cc1ccc(OCc2ccccc2)cc1)NC(=O)c1ccc(OCCCc2ccccc2)cc1. The van der Waals surface area contributed by atoms with Crippen molar-refractivity contribution >= 4 is 11.9 Å². The Balaban J connectivity index is 1.27. The van der Waals surface area contributed by atoms with Crippen molar-refractivity contribution in [2.24, 2.45) is 0 Å². The molecule has 0 bridgehead atoms. The molecule has 200 valence electrons. The summed E-state index contributed by atoms with van der Waals surface area (Å²) < 4.78 is 16.6. The zero-order valence-corrected chi connectivity index (χ0v) is 22.0. The van der Waals surface area contributed by atoms with E-state index in [1.807, 2.05) is 72.8 Å². The van der Waals surface area contributed by atoms with Crippen LogP contribution < -0.4 is 14.8 Å². The van der Waals surface area contributed by atoms with Gasteiger partial charge in [0.2, 0.25) is 0 Å². The number of hydrogen-bond donors (Lipinski definition) is 1. The molecule has 0 aliphatic carbocycles. The van der Waals surface area contributed by atoms with Crippen molar-refractivity contribution in [2.45, 2.75) is 31.9 Å². The number of rotatable bonds is 13. The van der Waals surface area contributed by atoms with Gasteiger partial charge in [0.25, 0.3) is 5.91 Å². The summed E-state index contributed by atoms with van der Waals surface area (Å²) in [6.45, 7) is 1.06. The van der Waals surface area contributed by atoms with Crippen LogP contribution in [0.15, 0.2) is 109 Å². The summed E-state index contributed by atoms with van der Waals surface area (Å²) in [4.78, 5) is 25.3. The summed E-state index contributed by atoms with van der Waals surface area (Å²) in [5.41, 5.74) is 3.67. The Kier molecular flexibility index (Phi) is 10.1. The van der Waals surface area contributed by atoms with Gasteiger partial charge in [0, 0.05) is 12.0 Å². The van der Waals surface area contributed by atoms with Crippen molar-refractivity contribution in [3.05, 3.63) is 131 Å². The van der Waals surface area contributed by atoms with Crippen LogP contribution in [-0.4, -0.2) is 31.6 Å². The molecule has 0 radical (unpaired) electrons. The second-order valence-corrected chi connectivity index (χ2v) is 9.13. The third-order valence-electron chi connectivity index (χ3n) is 6.24. The second-order valence-electron chi connectivity index (χ2n) is 9.13. The predicted octanol–water partition coefficient (Wildman–Crippen LogP) is 5.79. The van der Waals surface area contributed by atoms with Gasteiger partial charge >= 0.3 is 5.97 Å². The minimum Gasteiger partial charge on any atom is -0.494 e. The average Bonchev–Trinajstić information content (AvgIpc) is 2.99. The number of esters is 1. The summed E-state index contributed by atoms with van der Waals surface area (Å²) in [6.07, 6.45) is 2.13. The van der Waals surface area contributed by atoms with Crippen LogP contribution in [0.5, 0.6) is 11.5 Å². The molecule has 1 amide bonds. The lowest BCUT2D eigenvalue weighted by molar-refractivity contribution is -0.142. The molecular formula is C33H33NO5. The minimum atomic E-state index is -0.826. The van der Waals surface area contributed by atoms with Gasteiger partial charge in [0.05, 0.1) is 13.7 Å². The van der Waals surface area contributed by atoms with Crippen LogP contribution in [0, 0.1) is 0 Å². The Bertz CT molecular complexity index is 1310. The normalized spacial score (nSPS) is 11.3. The molecule has 0 saturated heterocycles. The standard InChI is InChI=1S/C33H33NO5/c1-37-33(36)31(23-26-14-18-30(19-15-26)39-24-27-11-6-3-7-12-27)34-32(35)28-16-20-29(21-17-28)38-22-8-13-25-9-4-2-5-10-25/h2-7,9-12,14-21,31H,8,13,22-24H2,1H3,(H,34,35). The summed E-state index contributed by atoms with van der Waals surface area (Å²) in [6, 6.07) is 33.7. The van der Waals surface area contributed by atoms with E-state index in [2.05, 4.69) is 17.4 Å². The van der Waals surface area contributed by atoms with Crippen molar-refractivity contribution < 1.29 is 23.8 Å². The highest BCUT2D eigenvalue weighted by Crippen LogP contribution is 2.17. The first-order valence-electron chi connectivity index (χ1n) is 13.0. The van der Waals surface area contributed by atoms with E-state index in [0.29, 0.717) is 30.9 Å². The first-order valence-corrected chi connectivity index (χ1v) is 13.0. The first kappa shape index (κ1) is 27.5. The smallest absolute Gasteiger partial charge is 0.328 e. The summed E-state index contributed by atoms with van der Waals surface area (Å²) >= 11 is 0. The van der Waals surface area contributed by atoms with Gasteiger partial charge in [-0.15, -0.1) is 0 Å². The molecule has 1 atom stereocenters. The quantitative estimate of drug-likeness (QED) is 0.177. The Hall–Kier alpha value is -4.58. The van der Waals surface area contributed by atoms with Crippen molar-refractivity contribution in [2.75, 3.05) is 13.7 Å². The van der Waals surface area contributed by atoms with E-state index in [1.54, 1.807) is 24.3 Å². The molecule has 4 aromatic carbocycles. The number of benzene rings is 4. The van der Waals surface area contributed by atoms with E-state index in [1.165, 1.54) is 12.7 Å². The van der Waals surface area contributed by atoms with Gasteiger partial charge in [-0.25, -0.2) is 4.79 Å². The lowest BCUT2D eigenvalue weighted by atomic mass is 10.0. The Morgan fingerprint density at radius 2 is 1.28 bits per heavy atom.